The van der Waals surface area contributed by atoms with Crippen molar-refractivity contribution in [3.05, 3.63) is 43.0 Å². The Morgan fingerprint density at radius 1 is 1.25 bits per heavy atom. The molecule has 0 unspecified atom stereocenters. The molecule has 0 aliphatic heterocycles. The molecule has 1 heterocycles. The average Bonchev–Trinajstić information content (AvgIpc) is 2.80. The van der Waals surface area contributed by atoms with Crippen molar-refractivity contribution in [1.29, 1.82) is 0 Å². The van der Waals surface area contributed by atoms with Gasteiger partial charge in [0, 0.05) is 0 Å². The zero-order chi connectivity index (χ0) is 11.4. The summed E-state index contributed by atoms with van der Waals surface area (Å²) in [5.41, 5.74) is 0.763. The van der Waals surface area contributed by atoms with Gasteiger partial charge < -0.3 is 0 Å². The molecule has 0 amide bonds. The quantitative estimate of drug-likeness (QED) is 0.470. The zero-order valence-corrected chi connectivity index (χ0v) is 9.68. The standard InChI is InChI=1S/C10H8Cl2N4/c11-9(12)10(16-7-13-6-14-16)15-8-4-2-1-3-5-8/h1-7,9H. The number of nitrogens with zero attached hydrogens (tertiary/aromatic N) is 4. The molecular weight excluding hydrogens is 247 g/mol. The number of halogens is 2. The lowest BCUT2D eigenvalue weighted by Crippen LogP contribution is -2.19. The molecule has 0 saturated carbocycles. The van der Waals surface area contributed by atoms with Crippen LogP contribution in [0.3, 0.4) is 0 Å². The number of hydrogen-bond donors (Lipinski definition) is 0. The maximum absolute atomic E-state index is 5.83. The molecular formula is C10H8Cl2N4. The van der Waals surface area contributed by atoms with Crippen LogP contribution in [0.15, 0.2) is 48.0 Å². The minimum absolute atomic E-state index is 0.423. The van der Waals surface area contributed by atoms with Crippen molar-refractivity contribution in [2.75, 3.05) is 0 Å². The summed E-state index contributed by atoms with van der Waals surface area (Å²) in [7, 11) is 0. The number of para-hydroxylation sites is 1. The number of benzene rings is 1. The summed E-state index contributed by atoms with van der Waals surface area (Å²) in [5, 5.41) is 3.94. The van der Waals surface area contributed by atoms with Crippen molar-refractivity contribution in [1.82, 2.24) is 14.8 Å². The molecule has 0 spiro atoms. The number of aliphatic imine (C=N–C) groups is 1. The Hall–Kier alpha value is -1.39. The molecule has 0 radical (unpaired) electrons. The lowest BCUT2D eigenvalue weighted by molar-refractivity contribution is 0.921. The van der Waals surface area contributed by atoms with Crippen LogP contribution < -0.4 is 0 Å². The number of aromatic nitrogens is 3. The van der Waals surface area contributed by atoms with Crippen LogP contribution >= 0.6 is 23.2 Å². The van der Waals surface area contributed by atoms with Crippen LogP contribution in [0.25, 0.3) is 0 Å². The Morgan fingerprint density at radius 2 is 2.00 bits per heavy atom. The first kappa shape index (κ1) is 11.1. The highest BCUT2D eigenvalue weighted by molar-refractivity contribution is 6.54. The van der Waals surface area contributed by atoms with Gasteiger partial charge in [0.25, 0.3) is 0 Å². The summed E-state index contributed by atoms with van der Waals surface area (Å²) < 4.78 is 1.44. The highest BCUT2D eigenvalue weighted by Gasteiger charge is 2.12. The fourth-order valence-electron chi connectivity index (χ4n) is 1.16. The van der Waals surface area contributed by atoms with Crippen molar-refractivity contribution in [3.8, 4) is 0 Å². The van der Waals surface area contributed by atoms with Crippen molar-refractivity contribution in [2.24, 2.45) is 4.99 Å². The van der Waals surface area contributed by atoms with E-state index in [1.807, 2.05) is 30.3 Å². The van der Waals surface area contributed by atoms with E-state index in [1.165, 1.54) is 17.3 Å². The van der Waals surface area contributed by atoms with E-state index in [9.17, 15) is 0 Å². The van der Waals surface area contributed by atoms with E-state index in [0.29, 0.717) is 5.84 Å². The SMILES string of the molecule is ClC(Cl)C(=Nc1ccccc1)n1cncn1. The normalized spacial score (nSPS) is 12.1. The molecule has 1 aromatic heterocycles. The predicted molar refractivity (Wildman–Crippen MR) is 64.5 cm³/mol. The molecule has 2 rings (SSSR count). The molecule has 0 atom stereocenters. The number of hydrogen-bond acceptors (Lipinski definition) is 3. The van der Waals surface area contributed by atoms with Gasteiger partial charge in [0.15, 0.2) is 10.7 Å². The Morgan fingerprint density at radius 3 is 2.56 bits per heavy atom. The molecule has 0 bridgehead atoms. The lowest BCUT2D eigenvalue weighted by atomic mass is 10.3. The number of alkyl halides is 2. The van der Waals surface area contributed by atoms with Crippen LogP contribution in [0.5, 0.6) is 0 Å². The van der Waals surface area contributed by atoms with Crippen LogP contribution in [0.4, 0.5) is 5.69 Å². The molecule has 0 aliphatic rings. The topological polar surface area (TPSA) is 43.1 Å². The van der Waals surface area contributed by atoms with E-state index < -0.39 is 4.84 Å². The van der Waals surface area contributed by atoms with Gasteiger partial charge in [0.1, 0.15) is 12.7 Å². The summed E-state index contributed by atoms with van der Waals surface area (Å²) >= 11 is 11.7. The summed E-state index contributed by atoms with van der Waals surface area (Å²) in [6.07, 6.45) is 2.90. The minimum Gasteiger partial charge on any atom is -0.231 e. The summed E-state index contributed by atoms with van der Waals surface area (Å²) in [4.78, 5) is 7.37. The third-order valence-electron chi connectivity index (χ3n) is 1.85. The maximum atomic E-state index is 5.83. The third kappa shape index (κ3) is 2.59. The van der Waals surface area contributed by atoms with Crippen LogP contribution in [0.1, 0.15) is 0 Å². The second kappa shape index (κ2) is 5.09. The van der Waals surface area contributed by atoms with Gasteiger partial charge in [-0.05, 0) is 12.1 Å². The largest absolute Gasteiger partial charge is 0.231 e. The van der Waals surface area contributed by atoms with Gasteiger partial charge >= 0.3 is 0 Å². The Balaban J connectivity index is 2.38. The summed E-state index contributed by atoms with van der Waals surface area (Å²) in [6.45, 7) is 0. The Kier molecular flexibility index (Phi) is 3.54. The lowest BCUT2D eigenvalue weighted by Gasteiger charge is -2.06. The Labute approximate surface area is 103 Å². The first-order chi connectivity index (χ1) is 7.77. The zero-order valence-electron chi connectivity index (χ0n) is 8.16. The molecule has 0 aliphatic carbocycles. The fourth-order valence-corrected chi connectivity index (χ4v) is 1.46. The van der Waals surface area contributed by atoms with Gasteiger partial charge in [-0.2, -0.15) is 5.10 Å². The minimum atomic E-state index is -0.762. The van der Waals surface area contributed by atoms with Crippen molar-refractivity contribution in [3.63, 3.8) is 0 Å². The van der Waals surface area contributed by atoms with Gasteiger partial charge in [0.2, 0.25) is 0 Å². The number of rotatable bonds is 2. The van der Waals surface area contributed by atoms with Crippen LogP contribution in [-0.2, 0) is 0 Å². The van der Waals surface area contributed by atoms with Crippen LogP contribution in [0, 0.1) is 0 Å². The molecule has 0 saturated heterocycles. The van der Waals surface area contributed by atoms with Gasteiger partial charge in [-0.25, -0.2) is 14.7 Å². The smallest absolute Gasteiger partial charge is 0.167 e. The van der Waals surface area contributed by atoms with E-state index in [4.69, 9.17) is 23.2 Å². The summed E-state index contributed by atoms with van der Waals surface area (Å²) in [5.74, 6) is 0.423. The highest BCUT2D eigenvalue weighted by Crippen LogP contribution is 2.15. The van der Waals surface area contributed by atoms with Gasteiger partial charge in [0.05, 0.1) is 5.69 Å². The molecule has 0 N–H and O–H groups in total. The second-order valence-electron chi connectivity index (χ2n) is 2.95. The van der Waals surface area contributed by atoms with E-state index >= 15 is 0 Å². The van der Waals surface area contributed by atoms with E-state index in [-0.39, 0.29) is 0 Å². The van der Waals surface area contributed by atoms with Gasteiger partial charge in [-0.15, -0.1) is 0 Å². The van der Waals surface area contributed by atoms with Crippen LogP contribution in [-0.4, -0.2) is 25.4 Å². The van der Waals surface area contributed by atoms with E-state index in [1.54, 1.807) is 0 Å². The third-order valence-corrected chi connectivity index (χ3v) is 2.24. The van der Waals surface area contributed by atoms with E-state index in [2.05, 4.69) is 15.1 Å². The van der Waals surface area contributed by atoms with Crippen molar-refractivity contribution >= 4 is 34.7 Å². The molecule has 2 aromatic rings. The van der Waals surface area contributed by atoms with Crippen molar-refractivity contribution < 1.29 is 0 Å². The maximum Gasteiger partial charge on any atom is 0.167 e. The second-order valence-corrected chi connectivity index (χ2v) is 4.04. The highest BCUT2D eigenvalue weighted by atomic mass is 35.5. The Bertz CT molecular complexity index is 465. The van der Waals surface area contributed by atoms with Gasteiger partial charge in [-0.1, -0.05) is 41.4 Å². The molecule has 6 heteroatoms. The molecule has 16 heavy (non-hydrogen) atoms. The van der Waals surface area contributed by atoms with Gasteiger partial charge in [-0.3, -0.25) is 0 Å². The fraction of sp³-hybridized carbons (Fsp3) is 0.100. The first-order valence-electron chi connectivity index (χ1n) is 4.54. The molecule has 1 aromatic carbocycles. The van der Waals surface area contributed by atoms with Crippen LogP contribution in [0.2, 0.25) is 0 Å². The average molecular weight is 255 g/mol. The monoisotopic (exact) mass is 254 g/mol. The molecule has 4 nitrogen and oxygen atoms in total. The first-order valence-corrected chi connectivity index (χ1v) is 5.41. The molecule has 0 fully saturated rings. The predicted octanol–water partition coefficient (Wildman–Crippen LogP) is 2.66. The van der Waals surface area contributed by atoms with E-state index in [0.717, 1.165) is 5.69 Å². The van der Waals surface area contributed by atoms with Crippen molar-refractivity contribution in [2.45, 2.75) is 4.84 Å². The molecule has 82 valence electrons. The summed E-state index contributed by atoms with van der Waals surface area (Å²) in [6, 6.07) is 9.39.